The van der Waals surface area contributed by atoms with Gasteiger partial charge in [0.05, 0.1) is 30.5 Å². The number of aromatic nitrogens is 3. The summed E-state index contributed by atoms with van der Waals surface area (Å²) in [6.07, 6.45) is 3.65. The molecule has 108 valence electrons. The minimum atomic E-state index is 0.0544. The number of likely N-dealkylation sites (N-methyl/N-ethyl adjacent to an activating group) is 1. The van der Waals surface area contributed by atoms with E-state index in [1.807, 2.05) is 43.7 Å². The molecule has 2 aromatic heterocycles. The maximum absolute atomic E-state index is 5.41. The van der Waals surface area contributed by atoms with Gasteiger partial charge < -0.3 is 14.6 Å². The van der Waals surface area contributed by atoms with Gasteiger partial charge in [0.15, 0.2) is 0 Å². The number of nitrogens with one attached hydrogen (secondary N) is 1. The van der Waals surface area contributed by atoms with E-state index in [4.69, 9.17) is 4.74 Å². The van der Waals surface area contributed by atoms with Gasteiger partial charge in [-0.1, -0.05) is 12.1 Å². The number of imidazole rings is 1. The molecule has 1 N–H and O–H groups in total. The third-order valence-corrected chi connectivity index (χ3v) is 3.60. The summed E-state index contributed by atoms with van der Waals surface area (Å²) in [6.45, 7) is 0.740. The van der Waals surface area contributed by atoms with E-state index in [1.54, 1.807) is 13.3 Å². The minimum absolute atomic E-state index is 0.0544. The molecular weight excluding hydrogens is 264 g/mol. The minimum Gasteiger partial charge on any atom is -0.495 e. The summed E-state index contributed by atoms with van der Waals surface area (Å²) in [5.41, 5.74) is 3.02. The molecule has 3 rings (SSSR count). The van der Waals surface area contributed by atoms with Crippen LogP contribution >= 0.6 is 0 Å². The van der Waals surface area contributed by atoms with Gasteiger partial charge in [-0.15, -0.1) is 0 Å². The lowest BCUT2D eigenvalue weighted by Gasteiger charge is -2.19. The van der Waals surface area contributed by atoms with Gasteiger partial charge in [0.25, 0.3) is 0 Å². The number of hydrogen-bond donors (Lipinski definition) is 1. The van der Waals surface area contributed by atoms with E-state index in [2.05, 4.69) is 25.9 Å². The van der Waals surface area contributed by atoms with Crippen LogP contribution in [0.25, 0.3) is 11.0 Å². The number of ether oxygens (including phenoxy) is 1. The summed E-state index contributed by atoms with van der Waals surface area (Å²) in [6, 6.07) is 12.0. The highest BCUT2D eigenvalue weighted by Gasteiger charge is 2.17. The number of hydrogen-bond acceptors (Lipinski definition) is 4. The van der Waals surface area contributed by atoms with Gasteiger partial charge in [-0.25, -0.2) is 4.98 Å². The smallest absolute Gasteiger partial charge is 0.142 e. The zero-order valence-electron chi connectivity index (χ0n) is 12.2. The molecule has 0 bridgehead atoms. The Labute approximate surface area is 123 Å². The Balaban J connectivity index is 1.94. The van der Waals surface area contributed by atoms with E-state index in [9.17, 15) is 0 Å². The molecule has 0 aliphatic rings. The maximum Gasteiger partial charge on any atom is 0.142 e. The highest BCUT2D eigenvalue weighted by atomic mass is 16.5. The first-order chi connectivity index (χ1) is 10.3. The van der Waals surface area contributed by atoms with Crippen LogP contribution in [0.3, 0.4) is 0 Å². The summed E-state index contributed by atoms with van der Waals surface area (Å²) in [4.78, 5) is 8.89. The van der Waals surface area contributed by atoms with E-state index in [0.29, 0.717) is 0 Å². The number of methoxy groups -OCH3 is 1. The van der Waals surface area contributed by atoms with Crippen LogP contribution in [0.5, 0.6) is 5.75 Å². The predicted octanol–water partition coefficient (Wildman–Crippen LogP) is 2.40. The zero-order chi connectivity index (χ0) is 14.7. The molecule has 5 nitrogen and oxygen atoms in total. The second-order valence-electron chi connectivity index (χ2n) is 4.82. The average Bonchev–Trinajstić information content (AvgIpc) is 2.95. The molecule has 0 aliphatic carbocycles. The first kappa shape index (κ1) is 13.6. The third kappa shape index (κ3) is 2.60. The van der Waals surface area contributed by atoms with E-state index >= 15 is 0 Å². The van der Waals surface area contributed by atoms with Crippen molar-refractivity contribution in [3.63, 3.8) is 0 Å². The number of nitrogens with zero attached hydrogens (tertiary/aromatic N) is 3. The van der Waals surface area contributed by atoms with E-state index in [-0.39, 0.29) is 6.04 Å². The van der Waals surface area contributed by atoms with Gasteiger partial charge >= 0.3 is 0 Å². The third-order valence-electron chi connectivity index (χ3n) is 3.60. The van der Waals surface area contributed by atoms with Crippen LogP contribution in [0.15, 0.2) is 48.9 Å². The summed E-state index contributed by atoms with van der Waals surface area (Å²) in [5, 5.41) is 3.30. The molecule has 0 saturated heterocycles. The number of benzene rings is 1. The fraction of sp³-hybridized carbons (Fsp3) is 0.250. The van der Waals surface area contributed by atoms with E-state index < -0.39 is 0 Å². The van der Waals surface area contributed by atoms with Crippen LogP contribution in [0.1, 0.15) is 11.7 Å². The molecule has 0 fully saturated rings. The SMILES string of the molecule is CNC(Cn1cnc2ccccc21)c1ncccc1OC. The fourth-order valence-electron chi connectivity index (χ4n) is 2.50. The van der Waals surface area contributed by atoms with E-state index in [0.717, 1.165) is 29.0 Å². The largest absolute Gasteiger partial charge is 0.495 e. The highest BCUT2D eigenvalue weighted by Crippen LogP contribution is 2.24. The van der Waals surface area contributed by atoms with Gasteiger partial charge in [-0.3, -0.25) is 4.98 Å². The number of fused-ring (bicyclic) bond motifs is 1. The van der Waals surface area contributed by atoms with Crippen LogP contribution in [-0.2, 0) is 6.54 Å². The quantitative estimate of drug-likeness (QED) is 0.780. The van der Waals surface area contributed by atoms with Crippen molar-refractivity contribution in [1.82, 2.24) is 19.9 Å². The average molecular weight is 282 g/mol. The molecular formula is C16H18N4O. The second kappa shape index (κ2) is 5.93. The van der Waals surface area contributed by atoms with Crippen LogP contribution < -0.4 is 10.1 Å². The molecule has 1 atom stereocenters. The molecule has 21 heavy (non-hydrogen) atoms. The molecule has 0 amide bonds. The molecule has 1 aromatic carbocycles. The summed E-state index contributed by atoms with van der Waals surface area (Å²) >= 11 is 0. The number of pyridine rings is 1. The Bertz CT molecular complexity index is 738. The lowest BCUT2D eigenvalue weighted by molar-refractivity contribution is 0.390. The Morgan fingerprint density at radius 3 is 2.86 bits per heavy atom. The van der Waals surface area contributed by atoms with Gasteiger partial charge in [-0.2, -0.15) is 0 Å². The summed E-state index contributed by atoms with van der Waals surface area (Å²) in [7, 11) is 3.59. The Hall–Kier alpha value is -2.40. The van der Waals surface area contributed by atoms with Gasteiger partial charge in [0.1, 0.15) is 11.4 Å². The van der Waals surface area contributed by atoms with Crippen LogP contribution in [0, 0.1) is 0 Å². The molecule has 0 aliphatic heterocycles. The highest BCUT2D eigenvalue weighted by molar-refractivity contribution is 5.74. The van der Waals surface area contributed by atoms with Gasteiger partial charge in [-0.05, 0) is 31.3 Å². The lowest BCUT2D eigenvalue weighted by Crippen LogP contribution is -2.23. The molecule has 1 unspecified atom stereocenters. The lowest BCUT2D eigenvalue weighted by atomic mass is 10.1. The molecule has 0 spiro atoms. The van der Waals surface area contributed by atoms with Gasteiger partial charge in [0.2, 0.25) is 0 Å². The maximum atomic E-state index is 5.41. The molecule has 0 saturated carbocycles. The first-order valence-corrected chi connectivity index (χ1v) is 6.89. The van der Waals surface area contributed by atoms with Gasteiger partial charge in [0, 0.05) is 12.7 Å². The zero-order valence-corrected chi connectivity index (χ0v) is 12.2. The van der Waals surface area contributed by atoms with Crippen molar-refractivity contribution < 1.29 is 4.74 Å². The molecule has 0 radical (unpaired) electrons. The Morgan fingerprint density at radius 2 is 2.05 bits per heavy atom. The van der Waals surface area contributed by atoms with Crippen LogP contribution in [-0.4, -0.2) is 28.7 Å². The van der Waals surface area contributed by atoms with Crippen LogP contribution in [0.4, 0.5) is 0 Å². The standard InChI is InChI=1S/C16H18N4O/c1-17-13(16-15(21-2)8-5-9-18-16)10-20-11-19-12-6-3-4-7-14(12)20/h3-9,11,13,17H,10H2,1-2H3. The second-order valence-corrected chi connectivity index (χ2v) is 4.82. The van der Waals surface area contributed by atoms with Crippen molar-refractivity contribution in [2.24, 2.45) is 0 Å². The number of para-hydroxylation sites is 2. The molecule has 5 heteroatoms. The van der Waals surface area contributed by atoms with Crippen molar-refractivity contribution in [1.29, 1.82) is 0 Å². The number of rotatable bonds is 5. The summed E-state index contributed by atoms with van der Waals surface area (Å²) < 4.78 is 7.54. The molecule has 3 aromatic rings. The van der Waals surface area contributed by atoms with Crippen LogP contribution in [0.2, 0.25) is 0 Å². The topological polar surface area (TPSA) is 52.0 Å². The van der Waals surface area contributed by atoms with Crippen molar-refractivity contribution >= 4 is 11.0 Å². The van der Waals surface area contributed by atoms with Crippen molar-refractivity contribution in [3.8, 4) is 5.75 Å². The van der Waals surface area contributed by atoms with Crippen molar-refractivity contribution in [3.05, 3.63) is 54.6 Å². The predicted molar refractivity (Wildman–Crippen MR) is 82.3 cm³/mol. The monoisotopic (exact) mass is 282 g/mol. The fourth-order valence-corrected chi connectivity index (χ4v) is 2.50. The Morgan fingerprint density at radius 1 is 1.19 bits per heavy atom. The van der Waals surface area contributed by atoms with Crippen molar-refractivity contribution in [2.45, 2.75) is 12.6 Å². The Kier molecular flexibility index (Phi) is 3.83. The van der Waals surface area contributed by atoms with Crippen molar-refractivity contribution in [2.75, 3.05) is 14.2 Å². The summed E-state index contributed by atoms with van der Waals surface area (Å²) in [5.74, 6) is 0.793. The van der Waals surface area contributed by atoms with E-state index in [1.165, 1.54) is 0 Å². The first-order valence-electron chi connectivity index (χ1n) is 6.89. The molecule has 2 heterocycles. The normalized spacial score (nSPS) is 12.5.